The largest absolute Gasteiger partial charge is 0.512 e. The third kappa shape index (κ3) is 15.2. The Morgan fingerprint density at radius 2 is 1.00 bits per heavy atom. The van der Waals surface area contributed by atoms with Crippen LogP contribution in [0.15, 0.2) is 0 Å². The maximum absolute atomic E-state index is 6.25. The average molecular weight is 157 g/mol. The average Bonchev–Trinajstić information content (AvgIpc) is 1.00. The summed E-state index contributed by atoms with van der Waals surface area (Å²) in [6.45, 7) is 4.75. The van der Waals surface area contributed by atoms with Crippen molar-refractivity contribution in [3.63, 3.8) is 0 Å². The molecule has 0 saturated heterocycles. The fraction of sp³-hybridized carbons (Fsp3) is 0. The molecule has 0 heterocycles. The molecule has 0 fully saturated rings. The molecular weight excluding hydrogens is 157 g/mol. The van der Waals surface area contributed by atoms with Gasteiger partial charge in [0.05, 0.1) is 0 Å². The van der Waals surface area contributed by atoms with Crippen molar-refractivity contribution in [1.29, 1.82) is 5.26 Å². The van der Waals surface area contributed by atoms with Crippen LogP contribution in [-0.4, -0.2) is 0 Å². The quantitative estimate of drug-likeness (QED) is 0.361. The van der Waals surface area contributed by atoms with Crippen molar-refractivity contribution >= 4 is 0 Å². The Morgan fingerprint density at radius 1 is 1.00 bits per heavy atom. The summed E-state index contributed by atoms with van der Waals surface area (Å²) in [7, 11) is 0. The van der Waals surface area contributed by atoms with Gasteiger partial charge in [-0.25, -0.2) is 0 Å². The topological polar surface area (TPSA) is 23.8 Å². The van der Waals surface area contributed by atoms with Gasteiger partial charge in [0.15, 0.2) is 0 Å². The first kappa shape index (κ1) is 21.9. The summed E-state index contributed by atoms with van der Waals surface area (Å²) in [5, 5.41) is 6.25. The van der Waals surface area contributed by atoms with E-state index in [9.17, 15) is 0 Å². The van der Waals surface area contributed by atoms with Crippen LogP contribution < -0.4 is 0 Å². The number of hydrogen-bond acceptors (Lipinski definition) is 1. The molecule has 0 N–H and O–H groups in total. The van der Waals surface area contributed by atoms with Crippen molar-refractivity contribution in [2.75, 3.05) is 0 Å². The van der Waals surface area contributed by atoms with E-state index in [0.717, 1.165) is 0 Å². The number of hydrogen-bond donors (Lipinski definition) is 0. The molecule has 0 saturated carbocycles. The third-order valence-corrected chi connectivity index (χ3v) is 0. The summed E-state index contributed by atoms with van der Waals surface area (Å²) in [4.78, 5) is 0. The van der Waals surface area contributed by atoms with Crippen molar-refractivity contribution in [1.82, 2.24) is 0 Å². The summed E-state index contributed by atoms with van der Waals surface area (Å²) < 4.78 is 0. The molecule has 14 valence electrons. The first-order chi connectivity index (χ1) is 1.00. The van der Waals surface area contributed by atoms with Crippen LogP contribution in [0.2, 0.25) is 0 Å². The second-order valence-electron chi connectivity index (χ2n) is 0. The second kappa shape index (κ2) is 51.6. The van der Waals surface area contributed by atoms with Gasteiger partial charge in [0.1, 0.15) is 0 Å². The molecule has 0 rings (SSSR count). The van der Waals surface area contributed by atoms with Crippen LogP contribution in [0, 0.1) is 11.8 Å². The van der Waals surface area contributed by atoms with Crippen LogP contribution in [-0.2, 0) is 39.0 Å². The molecule has 3 heteroatoms. The number of rotatable bonds is 0. The predicted molar refractivity (Wildman–Crippen MR) is 4.97 cm³/mol. The van der Waals surface area contributed by atoms with E-state index in [4.69, 9.17) is 11.8 Å². The molecule has 0 spiro atoms. The van der Waals surface area contributed by atoms with Crippen molar-refractivity contribution < 1.29 is 39.0 Å². The van der Waals surface area contributed by atoms with Crippen molar-refractivity contribution in [3.8, 4) is 0 Å². The van der Waals surface area contributed by atoms with E-state index in [-0.39, 0.29) is 39.0 Å². The van der Waals surface area contributed by atoms with Crippen LogP contribution in [0.1, 0.15) is 0 Å². The zero-order valence-corrected chi connectivity index (χ0v) is 8.30. The van der Waals surface area contributed by atoms with Gasteiger partial charge in [0.25, 0.3) is 0 Å². The maximum Gasteiger partial charge on any atom is 0 e. The van der Waals surface area contributed by atoms with Crippen molar-refractivity contribution in [2.24, 2.45) is 0 Å². The molecule has 0 aliphatic rings. The Kier molecular flexibility index (Phi) is 283. The van der Waals surface area contributed by atoms with E-state index in [2.05, 4.69) is 0 Å². The fourth-order valence-electron chi connectivity index (χ4n) is 0. The van der Waals surface area contributed by atoms with Crippen LogP contribution in [0.3, 0.4) is 0 Å². The van der Waals surface area contributed by atoms with Gasteiger partial charge in [0, 0.05) is 39.0 Å². The van der Waals surface area contributed by atoms with Crippen molar-refractivity contribution in [3.05, 3.63) is 6.57 Å². The second-order valence-corrected chi connectivity index (χ2v) is 0. The zero-order valence-electron chi connectivity index (χ0n) is 2.36. The number of nitrogens with zero attached hydrogens (tertiary/aromatic N) is 1. The van der Waals surface area contributed by atoms with Crippen LogP contribution in [0.5, 0.6) is 0 Å². The van der Waals surface area contributed by atoms with E-state index in [1.165, 1.54) is 0 Å². The molecule has 0 radical (unpaired) electrons. The summed E-state index contributed by atoms with van der Waals surface area (Å²) in [6.07, 6.45) is 0. The molecule has 0 bridgehead atoms. The van der Waals surface area contributed by atoms with Gasteiger partial charge in [-0.2, -0.15) is 0 Å². The Balaban J connectivity index is -0.00000000500. The van der Waals surface area contributed by atoms with Crippen LogP contribution in [0.4, 0.5) is 0 Å². The Hall–Kier alpha value is 0.737. The Labute approximate surface area is 50.9 Å². The van der Waals surface area contributed by atoms with Crippen LogP contribution >= 0.6 is 0 Å². The Morgan fingerprint density at radius 3 is 1.00 bits per heavy atom. The molecule has 0 aliphatic carbocycles. The monoisotopic (exact) mass is 154 g/mol. The van der Waals surface area contributed by atoms with Gasteiger partial charge in [-0.05, 0) is 0 Å². The molecule has 1 nitrogen and oxygen atoms in total. The minimum atomic E-state index is 0. The Bertz CT molecular complexity index is 10.8. The molecule has 0 amide bonds. The van der Waals surface area contributed by atoms with E-state index in [1.807, 2.05) is 0 Å². The summed E-state index contributed by atoms with van der Waals surface area (Å²) in [6, 6.07) is 0. The van der Waals surface area contributed by atoms with E-state index < -0.39 is 0 Å². The van der Waals surface area contributed by atoms with Gasteiger partial charge >= 0.3 is 0 Å². The summed E-state index contributed by atoms with van der Waals surface area (Å²) in [5.41, 5.74) is 0. The maximum atomic E-state index is 6.25. The molecule has 0 atom stereocenters. The van der Waals surface area contributed by atoms with Gasteiger partial charge in [0.2, 0.25) is 0 Å². The third-order valence-electron chi connectivity index (χ3n) is 0. The molecule has 0 aromatic rings. The molecule has 0 unspecified atom stereocenters. The SMILES string of the molecule is [C-]#N.[Zn].[Zn]. The predicted octanol–water partition coefficient (Wildman–Crippen LogP) is 0.0914. The minimum Gasteiger partial charge on any atom is -0.512 e. The molecule has 0 aromatic carbocycles. The van der Waals surface area contributed by atoms with Gasteiger partial charge in [-0.3, -0.25) is 0 Å². The molecule has 0 aromatic heterocycles. The standard InChI is InChI=1S/CN.2Zn/c1-2;;/q-1;;. The molecular formula is CNZn2-. The fourth-order valence-corrected chi connectivity index (χ4v) is 0. The summed E-state index contributed by atoms with van der Waals surface area (Å²) in [5.74, 6) is 0. The smallest absolute Gasteiger partial charge is 0 e. The molecule has 4 heavy (non-hydrogen) atoms. The minimum absolute atomic E-state index is 0. The first-order valence-corrected chi connectivity index (χ1v) is 0.224. The van der Waals surface area contributed by atoms with Gasteiger partial charge < -0.3 is 11.8 Å². The van der Waals surface area contributed by atoms with E-state index in [1.54, 1.807) is 0 Å². The van der Waals surface area contributed by atoms with Crippen LogP contribution in [0.25, 0.3) is 0 Å². The zero-order chi connectivity index (χ0) is 2.00. The molecule has 0 aliphatic heterocycles. The summed E-state index contributed by atoms with van der Waals surface area (Å²) >= 11 is 0. The van der Waals surface area contributed by atoms with Gasteiger partial charge in [-0.15, -0.1) is 0 Å². The van der Waals surface area contributed by atoms with E-state index in [0.29, 0.717) is 0 Å². The van der Waals surface area contributed by atoms with Gasteiger partial charge in [-0.1, -0.05) is 0 Å². The first-order valence-electron chi connectivity index (χ1n) is 0.224. The normalized spacial score (nSPS) is 0.500. The van der Waals surface area contributed by atoms with E-state index >= 15 is 0 Å². The van der Waals surface area contributed by atoms with Crippen molar-refractivity contribution in [2.45, 2.75) is 0 Å².